The molecule has 0 unspecified atom stereocenters. The summed E-state index contributed by atoms with van der Waals surface area (Å²) in [5.41, 5.74) is 4.46. The van der Waals surface area contributed by atoms with Crippen molar-refractivity contribution in [2.45, 2.75) is 13.5 Å². The zero-order chi connectivity index (χ0) is 21.3. The van der Waals surface area contributed by atoms with Crippen molar-refractivity contribution in [1.29, 1.82) is 0 Å². The van der Waals surface area contributed by atoms with E-state index in [1.165, 1.54) is 4.57 Å². The first kappa shape index (κ1) is 19.4. The van der Waals surface area contributed by atoms with Gasteiger partial charge in [-0.25, -0.2) is 9.78 Å². The SMILES string of the molecule is Cc1ccc(N(C)c2ccc(CNC(=O)c3ccc4c(c3)[nH]c(=O)n4C)cn2)cn1. The highest BCUT2D eigenvalue weighted by Crippen LogP contribution is 2.21. The number of nitrogens with zero attached hydrogens (tertiary/aromatic N) is 4. The van der Waals surface area contributed by atoms with Gasteiger partial charge in [-0.3, -0.25) is 14.3 Å². The number of aromatic nitrogens is 4. The highest BCUT2D eigenvalue weighted by atomic mass is 16.2. The molecule has 0 spiro atoms. The molecule has 0 saturated carbocycles. The highest BCUT2D eigenvalue weighted by Gasteiger charge is 2.10. The molecule has 30 heavy (non-hydrogen) atoms. The van der Waals surface area contributed by atoms with Crippen molar-refractivity contribution in [3.63, 3.8) is 0 Å². The Labute approximate surface area is 173 Å². The number of H-pyrrole nitrogens is 1. The Balaban J connectivity index is 1.42. The van der Waals surface area contributed by atoms with Gasteiger partial charge < -0.3 is 15.2 Å². The summed E-state index contributed by atoms with van der Waals surface area (Å²) in [5.74, 6) is 0.572. The molecule has 0 fully saturated rings. The zero-order valence-corrected chi connectivity index (χ0v) is 17.0. The first-order valence-electron chi connectivity index (χ1n) is 9.50. The number of hydrogen-bond donors (Lipinski definition) is 2. The minimum Gasteiger partial charge on any atom is -0.348 e. The van der Waals surface area contributed by atoms with Crippen molar-refractivity contribution in [2.75, 3.05) is 11.9 Å². The second kappa shape index (κ2) is 7.82. The van der Waals surface area contributed by atoms with Gasteiger partial charge in [-0.1, -0.05) is 6.07 Å². The Morgan fingerprint density at radius 3 is 2.67 bits per heavy atom. The van der Waals surface area contributed by atoms with E-state index in [9.17, 15) is 9.59 Å². The van der Waals surface area contributed by atoms with Crippen molar-refractivity contribution in [3.8, 4) is 0 Å². The topological polar surface area (TPSA) is 95.9 Å². The van der Waals surface area contributed by atoms with Crippen LogP contribution in [0.4, 0.5) is 11.5 Å². The molecule has 1 aromatic carbocycles. The number of imidazole rings is 1. The van der Waals surface area contributed by atoms with Gasteiger partial charge in [-0.05, 0) is 48.9 Å². The molecule has 0 aliphatic rings. The third-order valence-corrected chi connectivity index (χ3v) is 5.06. The van der Waals surface area contributed by atoms with Crippen LogP contribution in [0.3, 0.4) is 0 Å². The van der Waals surface area contributed by atoms with Crippen LogP contribution in [0.15, 0.2) is 59.7 Å². The first-order valence-corrected chi connectivity index (χ1v) is 9.50. The van der Waals surface area contributed by atoms with Crippen LogP contribution in [0.2, 0.25) is 0 Å². The van der Waals surface area contributed by atoms with Crippen molar-refractivity contribution in [2.24, 2.45) is 7.05 Å². The maximum atomic E-state index is 12.5. The molecule has 8 nitrogen and oxygen atoms in total. The molecule has 0 saturated heterocycles. The molecular weight excluding hydrogens is 380 g/mol. The number of amides is 1. The van der Waals surface area contributed by atoms with E-state index in [4.69, 9.17) is 0 Å². The molecule has 8 heteroatoms. The standard InChI is InChI=1S/C22H22N6O2/c1-14-4-7-17(13-23-14)27(2)20-9-5-15(11-24-20)12-25-21(29)16-6-8-19-18(10-16)26-22(30)28(19)3/h4-11,13H,12H2,1-3H3,(H,25,29)(H,26,30). The molecule has 1 amide bonds. The molecule has 0 bridgehead atoms. The zero-order valence-electron chi connectivity index (χ0n) is 17.0. The van der Waals surface area contributed by atoms with Crippen LogP contribution in [0.25, 0.3) is 11.0 Å². The van der Waals surface area contributed by atoms with Crippen LogP contribution in [0.1, 0.15) is 21.6 Å². The number of carbonyl (C=O) groups is 1. The quantitative estimate of drug-likeness (QED) is 0.535. The number of rotatable bonds is 5. The number of nitrogens with one attached hydrogen (secondary N) is 2. The summed E-state index contributed by atoms with van der Waals surface area (Å²) < 4.78 is 1.51. The maximum Gasteiger partial charge on any atom is 0.326 e. The van der Waals surface area contributed by atoms with E-state index in [-0.39, 0.29) is 11.6 Å². The summed E-state index contributed by atoms with van der Waals surface area (Å²) in [7, 11) is 3.62. The lowest BCUT2D eigenvalue weighted by molar-refractivity contribution is 0.0951. The number of fused-ring (bicyclic) bond motifs is 1. The van der Waals surface area contributed by atoms with E-state index < -0.39 is 0 Å². The minimum atomic E-state index is -0.214. The van der Waals surface area contributed by atoms with Crippen molar-refractivity contribution >= 4 is 28.4 Å². The van der Waals surface area contributed by atoms with Crippen LogP contribution in [0.5, 0.6) is 0 Å². The van der Waals surface area contributed by atoms with E-state index in [0.717, 1.165) is 28.3 Å². The Bertz CT molecular complexity index is 1260. The molecule has 2 N–H and O–H groups in total. The molecular formula is C22H22N6O2. The van der Waals surface area contributed by atoms with E-state index in [0.29, 0.717) is 17.6 Å². The number of carbonyl (C=O) groups excluding carboxylic acids is 1. The van der Waals surface area contributed by atoms with Gasteiger partial charge in [-0.2, -0.15) is 0 Å². The molecule has 0 aliphatic heterocycles. The maximum absolute atomic E-state index is 12.5. The van der Waals surface area contributed by atoms with Crippen molar-refractivity contribution < 1.29 is 4.79 Å². The van der Waals surface area contributed by atoms with Crippen molar-refractivity contribution in [1.82, 2.24) is 24.8 Å². The van der Waals surface area contributed by atoms with Gasteiger partial charge in [0.1, 0.15) is 5.82 Å². The monoisotopic (exact) mass is 402 g/mol. The summed E-state index contributed by atoms with van der Waals surface area (Å²) in [6.45, 7) is 2.30. The smallest absolute Gasteiger partial charge is 0.326 e. The normalized spacial score (nSPS) is 10.9. The average Bonchev–Trinajstić information content (AvgIpc) is 3.05. The number of aryl methyl sites for hydroxylation is 2. The first-order chi connectivity index (χ1) is 14.4. The Morgan fingerprint density at radius 2 is 1.97 bits per heavy atom. The summed E-state index contributed by atoms with van der Waals surface area (Å²) in [6, 6.07) is 12.9. The lowest BCUT2D eigenvalue weighted by Crippen LogP contribution is -2.23. The minimum absolute atomic E-state index is 0.208. The predicted octanol–water partition coefficient (Wildman–Crippen LogP) is 2.66. The highest BCUT2D eigenvalue weighted by molar-refractivity contribution is 5.97. The molecule has 0 aliphatic carbocycles. The van der Waals surface area contributed by atoms with Crippen molar-refractivity contribution in [3.05, 3.63) is 82.2 Å². The van der Waals surface area contributed by atoms with Gasteiger partial charge in [0, 0.05) is 38.1 Å². The van der Waals surface area contributed by atoms with Gasteiger partial charge in [0.15, 0.2) is 0 Å². The number of benzene rings is 1. The fourth-order valence-corrected chi connectivity index (χ4v) is 3.17. The molecule has 0 atom stereocenters. The Morgan fingerprint density at radius 1 is 1.13 bits per heavy atom. The third kappa shape index (κ3) is 3.80. The van der Waals surface area contributed by atoms with Gasteiger partial charge in [-0.15, -0.1) is 0 Å². The van der Waals surface area contributed by atoms with Crippen LogP contribution in [0, 0.1) is 6.92 Å². The fourth-order valence-electron chi connectivity index (χ4n) is 3.17. The molecule has 3 heterocycles. The van der Waals surface area contributed by atoms with E-state index >= 15 is 0 Å². The predicted molar refractivity (Wildman–Crippen MR) is 116 cm³/mol. The summed E-state index contributed by atoms with van der Waals surface area (Å²) >= 11 is 0. The van der Waals surface area contributed by atoms with Crippen LogP contribution < -0.4 is 15.9 Å². The van der Waals surface area contributed by atoms with Crippen LogP contribution in [-0.2, 0) is 13.6 Å². The van der Waals surface area contributed by atoms with Crippen LogP contribution >= 0.6 is 0 Å². The lowest BCUT2D eigenvalue weighted by atomic mass is 10.2. The number of anilines is 2. The molecule has 4 rings (SSSR count). The molecule has 0 radical (unpaired) electrons. The van der Waals surface area contributed by atoms with Gasteiger partial charge in [0.05, 0.1) is 22.9 Å². The Kier molecular flexibility index (Phi) is 5.05. The number of pyridine rings is 2. The number of hydrogen-bond acceptors (Lipinski definition) is 5. The van der Waals surface area contributed by atoms with E-state index in [1.54, 1.807) is 31.4 Å². The Hall–Kier alpha value is -3.94. The average molecular weight is 402 g/mol. The van der Waals surface area contributed by atoms with E-state index in [1.807, 2.05) is 49.3 Å². The second-order valence-electron chi connectivity index (χ2n) is 7.15. The van der Waals surface area contributed by atoms with Crippen LogP contribution in [-0.4, -0.2) is 32.5 Å². The number of aromatic amines is 1. The molecule has 3 aromatic heterocycles. The van der Waals surface area contributed by atoms with Gasteiger partial charge in [0.2, 0.25) is 0 Å². The summed E-state index contributed by atoms with van der Waals surface area (Å²) in [4.78, 5) is 37.7. The molecule has 4 aromatic rings. The second-order valence-corrected chi connectivity index (χ2v) is 7.15. The van der Waals surface area contributed by atoms with Gasteiger partial charge >= 0.3 is 5.69 Å². The van der Waals surface area contributed by atoms with Gasteiger partial charge in [0.25, 0.3) is 5.91 Å². The summed E-state index contributed by atoms with van der Waals surface area (Å²) in [5, 5.41) is 2.89. The molecule has 152 valence electrons. The summed E-state index contributed by atoms with van der Waals surface area (Å²) in [6.07, 6.45) is 3.55. The lowest BCUT2D eigenvalue weighted by Gasteiger charge is -2.18. The van der Waals surface area contributed by atoms with E-state index in [2.05, 4.69) is 20.3 Å². The fraction of sp³-hybridized carbons (Fsp3) is 0.182. The third-order valence-electron chi connectivity index (χ3n) is 5.06. The largest absolute Gasteiger partial charge is 0.348 e.